The Labute approximate surface area is 168 Å². The van der Waals surface area contributed by atoms with Gasteiger partial charge >= 0.3 is 11.7 Å². The van der Waals surface area contributed by atoms with Crippen molar-refractivity contribution in [1.29, 1.82) is 0 Å². The van der Waals surface area contributed by atoms with Crippen molar-refractivity contribution in [3.05, 3.63) is 28.7 Å². The van der Waals surface area contributed by atoms with E-state index >= 15 is 0 Å². The van der Waals surface area contributed by atoms with Crippen LogP contribution < -0.4 is 10.4 Å². The topological polar surface area (TPSA) is 65.2 Å². The van der Waals surface area contributed by atoms with Gasteiger partial charge in [-0.05, 0) is 18.6 Å². The number of hydrogen-bond acceptors (Lipinski definition) is 5. The van der Waals surface area contributed by atoms with Crippen LogP contribution in [0, 0.1) is 0 Å². The molecule has 0 fully saturated rings. The van der Waals surface area contributed by atoms with E-state index in [4.69, 9.17) is 9.15 Å². The Balaban J connectivity index is 1.43. The first-order valence-corrected chi connectivity index (χ1v) is 11.2. The predicted molar refractivity (Wildman–Crippen MR) is 114 cm³/mol. The van der Waals surface area contributed by atoms with Crippen molar-refractivity contribution < 1.29 is 9.15 Å². The van der Waals surface area contributed by atoms with Crippen LogP contribution in [0.25, 0.3) is 11.0 Å². The van der Waals surface area contributed by atoms with Gasteiger partial charge in [-0.1, -0.05) is 90.4 Å². The van der Waals surface area contributed by atoms with Crippen molar-refractivity contribution in [2.24, 2.45) is 0 Å². The molecule has 0 aliphatic carbocycles. The first-order valence-electron chi connectivity index (χ1n) is 11.2. The Morgan fingerprint density at radius 1 is 0.857 bits per heavy atom. The first kappa shape index (κ1) is 22.4. The summed E-state index contributed by atoms with van der Waals surface area (Å²) >= 11 is 0. The zero-order valence-electron chi connectivity index (χ0n) is 17.5. The molecule has 0 N–H and O–H groups in total. The minimum Gasteiger partial charge on any atom is -0.450 e. The number of ether oxygens (including phenoxy) is 1. The Morgan fingerprint density at radius 2 is 1.43 bits per heavy atom. The molecule has 0 spiro atoms. The van der Waals surface area contributed by atoms with Crippen molar-refractivity contribution in [3.63, 3.8) is 0 Å². The largest absolute Gasteiger partial charge is 0.450 e. The molecule has 156 valence electrons. The Hall–Kier alpha value is -1.91. The highest BCUT2D eigenvalue weighted by molar-refractivity contribution is 5.72. The quantitative estimate of drug-likeness (QED) is 0.309. The van der Waals surface area contributed by atoms with E-state index in [9.17, 15) is 4.79 Å². The van der Waals surface area contributed by atoms with Crippen molar-refractivity contribution in [3.8, 4) is 6.08 Å². The summed E-state index contributed by atoms with van der Waals surface area (Å²) in [4.78, 5) is 20.0. The molecule has 28 heavy (non-hydrogen) atoms. The fraction of sp³-hybridized carbons (Fsp3) is 0.696. The van der Waals surface area contributed by atoms with Gasteiger partial charge in [-0.2, -0.15) is 4.98 Å². The summed E-state index contributed by atoms with van der Waals surface area (Å²) in [7, 11) is 0. The zero-order chi connectivity index (χ0) is 19.9. The van der Waals surface area contributed by atoms with Gasteiger partial charge in [-0.15, -0.1) is 0 Å². The summed E-state index contributed by atoms with van der Waals surface area (Å²) < 4.78 is 10.6. The van der Waals surface area contributed by atoms with Crippen LogP contribution in [0.5, 0.6) is 6.08 Å². The Morgan fingerprint density at radius 3 is 2.04 bits per heavy atom. The van der Waals surface area contributed by atoms with Crippen molar-refractivity contribution >= 4 is 11.0 Å². The van der Waals surface area contributed by atoms with E-state index in [0.29, 0.717) is 17.6 Å². The van der Waals surface area contributed by atoms with Crippen LogP contribution in [0.1, 0.15) is 96.8 Å². The zero-order valence-corrected chi connectivity index (χ0v) is 17.5. The van der Waals surface area contributed by atoms with E-state index in [1.165, 1.54) is 77.0 Å². The highest BCUT2D eigenvalue weighted by atomic mass is 16.6. The van der Waals surface area contributed by atoms with Crippen LogP contribution in [-0.2, 0) is 0 Å². The lowest BCUT2D eigenvalue weighted by molar-refractivity contribution is 0.211. The number of nitrogens with zero attached hydrogens (tertiary/aromatic N) is 2. The fourth-order valence-corrected chi connectivity index (χ4v) is 3.41. The predicted octanol–water partition coefficient (Wildman–Crippen LogP) is 6.44. The summed E-state index contributed by atoms with van der Waals surface area (Å²) in [5, 5.41) is 0.381. The van der Waals surface area contributed by atoms with E-state index in [1.807, 2.05) is 0 Å². The van der Waals surface area contributed by atoms with Crippen LogP contribution in [0.4, 0.5) is 0 Å². The van der Waals surface area contributed by atoms with Crippen molar-refractivity contribution in [1.82, 2.24) is 9.97 Å². The minimum atomic E-state index is -0.450. The summed E-state index contributed by atoms with van der Waals surface area (Å²) in [6.07, 6.45) is 20.1. The first-order chi connectivity index (χ1) is 13.8. The van der Waals surface area contributed by atoms with Crippen LogP contribution in [0.3, 0.4) is 0 Å². The van der Waals surface area contributed by atoms with Crippen LogP contribution in [0.2, 0.25) is 0 Å². The maximum Gasteiger partial charge on any atom is 0.398 e. The van der Waals surface area contributed by atoms with E-state index in [1.54, 1.807) is 18.3 Å². The molecule has 0 atom stereocenters. The van der Waals surface area contributed by atoms with E-state index in [2.05, 4.69) is 16.9 Å². The van der Waals surface area contributed by atoms with Gasteiger partial charge in [0.1, 0.15) is 5.39 Å². The lowest BCUT2D eigenvalue weighted by atomic mass is 10.0. The molecule has 0 saturated heterocycles. The van der Waals surface area contributed by atoms with Gasteiger partial charge in [0.05, 0.1) is 6.61 Å². The summed E-state index contributed by atoms with van der Waals surface area (Å²) in [6.45, 7) is 2.79. The van der Waals surface area contributed by atoms with E-state index in [0.717, 1.165) is 12.8 Å². The number of aromatic nitrogens is 2. The van der Waals surface area contributed by atoms with Gasteiger partial charge in [-0.25, -0.2) is 9.78 Å². The standard InChI is InChI=1S/C23H36N2O3/c1-2-3-4-5-6-7-8-9-10-11-12-13-14-15-19-27-23-25-21-20(22(26)28-23)17-16-18-24-21/h16-18H,2-15,19H2,1H3. The average molecular weight is 389 g/mol. The van der Waals surface area contributed by atoms with Gasteiger partial charge in [0, 0.05) is 6.20 Å². The summed E-state index contributed by atoms with van der Waals surface area (Å²) in [5.41, 5.74) is -0.0798. The highest BCUT2D eigenvalue weighted by Gasteiger charge is 2.07. The molecule has 0 radical (unpaired) electrons. The molecule has 5 nitrogen and oxygen atoms in total. The molecule has 0 aliphatic heterocycles. The number of unbranched alkanes of at least 4 members (excludes halogenated alkanes) is 13. The van der Waals surface area contributed by atoms with E-state index in [-0.39, 0.29) is 6.08 Å². The molecule has 2 heterocycles. The van der Waals surface area contributed by atoms with E-state index < -0.39 is 5.63 Å². The Kier molecular flexibility index (Phi) is 11.3. The molecule has 0 amide bonds. The molecule has 2 rings (SSSR count). The summed E-state index contributed by atoms with van der Waals surface area (Å²) in [6, 6.07) is 3.34. The van der Waals surface area contributed by atoms with Gasteiger partial charge in [-0.3, -0.25) is 0 Å². The molecule has 0 saturated carbocycles. The van der Waals surface area contributed by atoms with Gasteiger partial charge in [0.2, 0.25) is 0 Å². The third-order valence-corrected chi connectivity index (χ3v) is 5.11. The summed E-state index contributed by atoms with van der Waals surface area (Å²) in [5.74, 6) is 0. The van der Waals surface area contributed by atoms with Gasteiger partial charge in [0.15, 0.2) is 5.65 Å². The number of fused-ring (bicyclic) bond motifs is 1. The number of hydrogen-bond donors (Lipinski definition) is 0. The molecule has 0 bridgehead atoms. The van der Waals surface area contributed by atoms with Gasteiger partial charge in [0.25, 0.3) is 0 Å². The highest BCUT2D eigenvalue weighted by Crippen LogP contribution is 2.14. The average Bonchev–Trinajstić information content (AvgIpc) is 2.71. The maximum atomic E-state index is 11.8. The molecule has 0 unspecified atom stereocenters. The monoisotopic (exact) mass is 388 g/mol. The fourth-order valence-electron chi connectivity index (χ4n) is 3.41. The normalized spacial score (nSPS) is 11.2. The third kappa shape index (κ3) is 8.85. The SMILES string of the molecule is CCCCCCCCCCCCCCCCOc1nc2ncccc2c(=O)o1. The molecular weight excluding hydrogens is 352 g/mol. The second-order valence-electron chi connectivity index (χ2n) is 7.59. The van der Waals surface area contributed by atoms with Crippen LogP contribution in [0.15, 0.2) is 27.5 Å². The third-order valence-electron chi connectivity index (χ3n) is 5.11. The second kappa shape index (κ2) is 14.1. The smallest absolute Gasteiger partial charge is 0.398 e. The lowest BCUT2D eigenvalue weighted by Crippen LogP contribution is -2.07. The molecule has 0 aromatic carbocycles. The lowest BCUT2D eigenvalue weighted by Gasteiger charge is -2.05. The molecule has 2 aromatic rings. The molecule has 5 heteroatoms. The molecule has 2 aromatic heterocycles. The molecular formula is C23H36N2O3. The maximum absolute atomic E-state index is 11.8. The number of rotatable bonds is 16. The minimum absolute atomic E-state index is 0.0193. The Bertz CT molecular complexity index is 714. The van der Waals surface area contributed by atoms with Gasteiger partial charge < -0.3 is 9.15 Å². The van der Waals surface area contributed by atoms with Crippen LogP contribution in [-0.4, -0.2) is 16.6 Å². The van der Waals surface area contributed by atoms with Crippen LogP contribution >= 0.6 is 0 Å². The van der Waals surface area contributed by atoms with Crippen molar-refractivity contribution in [2.75, 3.05) is 6.61 Å². The number of pyridine rings is 1. The molecule has 0 aliphatic rings. The van der Waals surface area contributed by atoms with Crippen molar-refractivity contribution in [2.45, 2.75) is 96.8 Å². The second-order valence-corrected chi connectivity index (χ2v) is 7.59.